The summed E-state index contributed by atoms with van der Waals surface area (Å²) in [5, 5.41) is 3.51. The van der Waals surface area contributed by atoms with Gasteiger partial charge in [0.15, 0.2) is 0 Å². The zero-order chi connectivity index (χ0) is 11.4. The molecule has 0 aromatic rings. The minimum atomic E-state index is 0.687. The van der Waals surface area contributed by atoms with Gasteiger partial charge in [0.2, 0.25) is 0 Å². The Morgan fingerprint density at radius 2 is 2.00 bits per heavy atom. The molecule has 0 bridgehead atoms. The summed E-state index contributed by atoms with van der Waals surface area (Å²) in [5.41, 5.74) is 0. The van der Waals surface area contributed by atoms with Crippen LogP contribution in [-0.2, 0) is 0 Å². The van der Waals surface area contributed by atoms with Crippen LogP contribution in [0.3, 0.4) is 0 Å². The maximum atomic E-state index is 5.45. The lowest BCUT2D eigenvalue weighted by Crippen LogP contribution is -2.41. The van der Waals surface area contributed by atoms with Gasteiger partial charge in [0, 0.05) is 19.1 Å². The zero-order valence-corrected chi connectivity index (χ0v) is 10.4. The quantitative estimate of drug-likeness (QED) is 0.710. The molecular formula is C14H24N2. The highest BCUT2D eigenvalue weighted by molar-refractivity contribution is 4.91. The number of rotatable bonds is 5. The summed E-state index contributed by atoms with van der Waals surface area (Å²) in [6, 6.07) is 0.687. The molecule has 2 aliphatic rings. The summed E-state index contributed by atoms with van der Waals surface area (Å²) in [7, 11) is 0. The molecule has 1 aliphatic heterocycles. The highest BCUT2D eigenvalue weighted by Crippen LogP contribution is 2.30. The van der Waals surface area contributed by atoms with E-state index in [9.17, 15) is 0 Å². The van der Waals surface area contributed by atoms with Gasteiger partial charge in [-0.15, -0.1) is 6.42 Å². The van der Waals surface area contributed by atoms with Crippen LogP contribution in [0.2, 0.25) is 0 Å². The molecule has 1 saturated heterocycles. The molecule has 0 amide bonds. The predicted molar refractivity (Wildman–Crippen MR) is 68.2 cm³/mol. The van der Waals surface area contributed by atoms with E-state index in [-0.39, 0.29) is 0 Å². The Labute approximate surface area is 99.8 Å². The van der Waals surface area contributed by atoms with E-state index in [0.717, 1.165) is 18.4 Å². The summed E-state index contributed by atoms with van der Waals surface area (Å²) in [6.07, 6.45) is 10.9. The predicted octanol–water partition coefficient (Wildman–Crippen LogP) is 1.72. The van der Waals surface area contributed by atoms with Gasteiger partial charge >= 0.3 is 0 Å². The average Bonchev–Trinajstić information content (AvgIpc) is 3.02. The smallest absolute Gasteiger partial charge is 0.0599 e. The second-order valence-electron chi connectivity index (χ2n) is 5.59. The van der Waals surface area contributed by atoms with Crippen molar-refractivity contribution >= 4 is 0 Å². The molecule has 2 unspecified atom stereocenters. The second-order valence-corrected chi connectivity index (χ2v) is 5.59. The van der Waals surface area contributed by atoms with Gasteiger partial charge in [-0.1, -0.05) is 5.92 Å². The lowest BCUT2D eigenvalue weighted by molar-refractivity contribution is 0.202. The van der Waals surface area contributed by atoms with E-state index >= 15 is 0 Å². The summed E-state index contributed by atoms with van der Waals surface area (Å²) in [5.74, 6) is 4.61. The lowest BCUT2D eigenvalue weighted by atomic mass is 9.92. The van der Waals surface area contributed by atoms with Crippen molar-refractivity contribution in [3.8, 4) is 12.3 Å². The third-order valence-corrected chi connectivity index (χ3v) is 3.78. The standard InChI is InChI=1S/C14H24N2/c1-3-8-16(10-13-4-5-13)11-14-6-7-15-12(2)9-14/h1,12-15H,4-11H2,2H3. The van der Waals surface area contributed by atoms with Crippen LogP contribution in [0.1, 0.15) is 32.6 Å². The van der Waals surface area contributed by atoms with Crippen LogP contribution >= 0.6 is 0 Å². The first kappa shape index (κ1) is 12.0. The number of terminal acetylenes is 1. The Hall–Kier alpha value is -0.520. The Balaban J connectivity index is 1.76. The summed E-state index contributed by atoms with van der Waals surface area (Å²) >= 11 is 0. The highest BCUT2D eigenvalue weighted by atomic mass is 15.1. The number of nitrogens with zero attached hydrogens (tertiary/aromatic N) is 1. The Morgan fingerprint density at radius 3 is 2.62 bits per heavy atom. The van der Waals surface area contributed by atoms with Gasteiger partial charge in [-0.3, -0.25) is 4.90 Å². The minimum Gasteiger partial charge on any atom is -0.314 e. The fraction of sp³-hybridized carbons (Fsp3) is 0.857. The van der Waals surface area contributed by atoms with E-state index in [1.807, 2.05) is 0 Å². The first-order valence-corrected chi connectivity index (χ1v) is 6.67. The molecule has 0 spiro atoms. The van der Waals surface area contributed by atoms with Gasteiger partial charge < -0.3 is 5.32 Å². The van der Waals surface area contributed by atoms with Crippen molar-refractivity contribution in [2.75, 3.05) is 26.2 Å². The van der Waals surface area contributed by atoms with Crippen molar-refractivity contribution in [2.24, 2.45) is 11.8 Å². The van der Waals surface area contributed by atoms with Crippen LogP contribution in [0.4, 0.5) is 0 Å². The first-order valence-electron chi connectivity index (χ1n) is 6.67. The molecule has 90 valence electrons. The van der Waals surface area contributed by atoms with Crippen molar-refractivity contribution in [1.82, 2.24) is 10.2 Å². The Kier molecular flexibility index (Phi) is 4.26. The maximum absolute atomic E-state index is 5.45. The van der Waals surface area contributed by atoms with Gasteiger partial charge in [-0.05, 0) is 51.0 Å². The second kappa shape index (κ2) is 5.70. The summed E-state index contributed by atoms with van der Waals surface area (Å²) in [4.78, 5) is 2.50. The van der Waals surface area contributed by atoms with Gasteiger partial charge in [-0.25, -0.2) is 0 Å². The normalized spacial score (nSPS) is 30.3. The SMILES string of the molecule is C#CCN(CC1CC1)CC1CCNC(C)C1. The number of nitrogens with one attached hydrogen (secondary N) is 1. The van der Waals surface area contributed by atoms with Crippen LogP contribution in [0.25, 0.3) is 0 Å². The third-order valence-electron chi connectivity index (χ3n) is 3.78. The fourth-order valence-electron chi connectivity index (χ4n) is 2.76. The van der Waals surface area contributed by atoms with E-state index in [1.54, 1.807) is 0 Å². The molecule has 1 N–H and O–H groups in total. The molecule has 2 atom stereocenters. The molecule has 0 radical (unpaired) electrons. The molecule has 2 rings (SSSR count). The number of hydrogen-bond donors (Lipinski definition) is 1. The van der Waals surface area contributed by atoms with E-state index < -0.39 is 0 Å². The molecule has 1 saturated carbocycles. The Morgan fingerprint density at radius 1 is 1.25 bits per heavy atom. The topological polar surface area (TPSA) is 15.3 Å². The van der Waals surface area contributed by atoms with Crippen LogP contribution in [0, 0.1) is 24.2 Å². The lowest BCUT2D eigenvalue weighted by Gasteiger charge is -2.32. The van der Waals surface area contributed by atoms with Crippen molar-refractivity contribution in [3.63, 3.8) is 0 Å². The highest BCUT2D eigenvalue weighted by Gasteiger charge is 2.26. The van der Waals surface area contributed by atoms with Crippen molar-refractivity contribution < 1.29 is 0 Å². The van der Waals surface area contributed by atoms with Crippen molar-refractivity contribution in [2.45, 2.75) is 38.6 Å². The van der Waals surface area contributed by atoms with E-state index in [2.05, 4.69) is 23.1 Å². The van der Waals surface area contributed by atoms with Gasteiger partial charge in [0.05, 0.1) is 6.54 Å². The molecule has 2 heteroatoms. The monoisotopic (exact) mass is 220 g/mol. The Bertz CT molecular complexity index is 252. The molecule has 2 fully saturated rings. The molecule has 0 aromatic heterocycles. The summed E-state index contributed by atoms with van der Waals surface area (Å²) < 4.78 is 0. The van der Waals surface area contributed by atoms with Crippen molar-refractivity contribution in [3.05, 3.63) is 0 Å². The zero-order valence-electron chi connectivity index (χ0n) is 10.4. The maximum Gasteiger partial charge on any atom is 0.0599 e. The van der Waals surface area contributed by atoms with Crippen LogP contribution in [0.5, 0.6) is 0 Å². The molecule has 16 heavy (non-hydrogen) atoms. The first-order chi connectivity index (χ1) is 7.78. The molecular weight excluding hydrogens is 196 g/mol. The van der Waals surface area contributed by atoms with Gasteiger partial charge in [-0.2, -0.15) is 0 Å². The van der Waals surface area contributed by atoms with Crippen LogP contribution in [-0.4, -0.2) is 37.1 Å². The third kappa shape index (κ3) is 3.81. The minimum absolute atomic E-state index is 0.687. The van der Waals surface area contributed by atoms with Gasteiger partial charge in [0.1, 0.15) is 0 Å². The van der Waals surface area contributed by atoms with Crippen LogP contribution in [0.15, 0.2) is 0 Å². The number of hydrogen-bond acceptors (Lipinski definition) is 2. The fourth-order valence-corrected chi connectivity index (χ4v) is 2.76. The molecule has 2 nitrogen and oxygen atoms in total. The molecule has 1 aliphatic carbocycles. The van der Waals surface area contributed by atoms with Crippen LogP contribution < -0.4 is 5.32 Å². The molecule has 0 aromatic carbocycles. The largest absolute Gasteiger partial charge is 0.314 e. The average molecular weight is 220 g/mol. The van der Waals surface area contributed by atoms with E-state index in [4.69, 9.17) is 6.42 Å². The van der Waals surface area contributed by atoms with E-state index in [0.29, 0.717) is 6.04 Å². The summed E-state index contributed by atoms with van der Waals surface area (Å²) in [6.45, 7) is 6.77. The number of piperidine rings is 1. The van der Waals surface area contributed by atoms with Crippen molar-refractivity contribution in [1.29, 1.82) is 0 Å². The molecule has 1 heterocycles. The van der Waals surface area contributed by atoms with Gasteiger partial charge in [0.25, 0.3) is 0 Å². The van der Waals surface area contributed by atoms with E-state index in [1.165, 1.54) is 45.3 Å².